The number of rotatable bonds is 4. The van der Waals surface area contributed by atoms with Gasteiger partial charge in [0, 0.05) is 6.54 Å². The molecule has 0 spiro atoms. The molecule has 0 aliphatic carbocycles. The van der Waals surface area contributed by atoms with Crippen molar-refractivity contribution in [2.45, 2.75) is 40.2 Å². The van der Waals surface area contributed by atoms with E-state index in [0.29, 0.717) is 11.6 Å². The molecule has 1 aromatic rings. The minimum Gasteiger partial charge on any atom is -0.234 e. The summed E-state index contributed by atoms with van der Waals surface area (Å²) in [4.78, 5) is 0. The molecule has 0 aliphatic rings. The predicted molar refractivity (Wildman–Crippen MR) is 53.6 cm³/mol. The fraction of sp³-hybridized carbons (Fsp3) is 0.700. The molecule has 0 saturated heterocycles. The topological polar surface area (TPSA) is 54.5 Å². The van der Waals surface area contributed by atoms with E-state index in [1.165, 1.54) is 0 Å². The van der Waals surface area contributed by atoms with Gasteiger partial charge in [0.25, 0.3) is 0 Å². The summed E-state index contributed by atoms with van der Waals surface area (Å²) in [6.07, 6.45) is 1.80. The van der Waals surface area contributed by atoms with Crippen LogP contribution in [0.2, 0.25) is 0 Å². The summed E-state index contributed by atoms with van der Waals surface area (Å²) in [7, 11) is 0. The van der Waals surface area contributed by atoms with Crippen LogP contribution in [0.15, 0.2) is 0 Å². The molecule has 0 atom stereocenters. The second-order valence-corrected chi connectivity index (χ2v) is 3.82. The molecule has 1 rings (SSSR count). The molecular weight excluding hydrogens is 176 g/mol. The molecule has 14 heavy (non-hydrogen) atoms. The van der Waals surface area contributed by atoms with Gasteiger partial charge in [0.1, 0.15) is 11.8 Å². The molecule has 4 heteroatoms. The molecule has 0 N–H and O–H groups in total. The number of nitriles is 1. The van der Waals surface area contributed by atoms with E-state index in [4.69, 9.17) is 5.26 Å². The first-order valence-corrected chi connectivity index (χ1v) is 5.01. The Balaban J connectivity index is 2.91. The van der Waals surface area contributed by atoms with Crippen LogP contribution in [0.1, 0.15) is 38.6 Å². The van der Waals surface area contributed by atoms with Crippen molar-refractivity contribution in [1.82, 2.24) is 15.0 Å². The third-order valence-corrected chi connectivity index (χ3v) is 1.95. The first-order chi connectivity index (χ1) is 6.69. The van der Waals surface area contributed by atoms with Crippen LogP contribution in [-0.2, 0) is 13.0 Å². The number of aryl methyl sites for hydroxylation is 1. The van der Waals surface area contributed by atoms with E-state index in [9.17, 15) is 0 Å². The van der Waals surface area contributed by atoms with E-state index in [-0.39, 0.29) is 0 Å². The number of aromatic nitrogens is 3. The Morgan fingerprint density at radius 1 is 1.50 bits per heavy atom. The largest absolute Gasteiger partial charge is 0.234 e. The molecular formula is C10H16N4. The molecule has 0 saturated carbocycles. The van der Waals surface area contributed by atoms with Gasteiger partial charge in [0.15, 0.2) is 5.69 Å². The Bertz CT molecular complexity index is 332. The summed E-state index contributed by atoms with van der Waals surface area (Å²) in [6, 6.07) is 2.17. The first-order valence-electron chi connectivity index (χ1n) is 5.01. The van der Waals surface area contributed by atoms with Gasteiger partial charge in [0.05, 0.1) is 0 Å². The van der Waals surface area contributed by atoms with Crippen LogP contribution >= 0.6 is 0 Å². The van der Waals surface area contributed by atoms with Crippen molar-refractivity contribution in [1.29, 1.82) is 5.26 Å². The molecule has 0 fully saturated rings. The molecule has 1 heterocycles. The van der Waals surface area contributed by atoms with Gasteiger partial charge in [-0.1, -0.05) is 26.0 Å². The van der Waals surface area contributed by atoms with Gasteiger partial charge in [0.2, 0.25) is 0 Å². The fourth-order valence-corrected chi connectivity index (χ4v) is 1.36. The lowest BCUT2D eigenvalue weighted by molar-refractivity contribution is 0.573. The fourth-order valence-electron chi connectivity index (χ4n) is 1.36. The highest BCUT2D eigenvalue weighted by atomic mass is 15.4. The zero-order valence-electron chi connectivity index (χ0n) is 8.99. The highest BCUT2D eigenvalue weighted by molar-refractivity contribution is 5.25. The van der Waals surface area contributed by atoms with Crippen LogP contribution in [0.3, 0.4) is 0 Å². The summed E-state index contributed by atoms with van der Waals surface area (Å²) >= 11 is 0. The quantitative estimate of drug-likeness (QED) is 0.730. The lowest BCUT2D eigenvalue weighted by Gasteiger charge is -2.01. The first kappa shape index (κ1) is 10.7. The number of hydrogen-bond acceptors (Lipinski definition) is 3. The second kappa shape index (κ2) is 4.75. The Kier molecular flexibility index (Phi) is 3.63. The van der Waals surface area contributed by atoms with Crippen molar-refractivity contribution >= 4 is 0 Å². The average molecular weight is 192 g/mol. The summed E-state index contributed by atoms with van der Waals surface area (Å²) in [5.74, 6) is 0.508. The van der Waals surface area contributed by atoms with E-state index >= 15 is 0 Å². The van der Waals surface area contributed by atoms with Crippen LogP contribution in [0.4, 0.5) is 0 Å². The number of nitrogens with zero attached hydrogens (tertiary/aromatic N) is 4. The van der Waals surface area contributed by atoms with Crippen LogP contribution in [0.25, 0.3) is 0 Å². The average Bonchev–Trinajstić information content (AvgIpc) is 2.47. The van der Waals surface area contributed by atoms with E-state index in [0.717, 1.165) is 25.1 Å². The Labute approximate surface area is 84.5 Å². The molecule has 0 unspecified atom stereocenters. The van der Waals surface area contributed by atoms with Gasteiger partial charge < -0.3 is 0 Å². The van der Waals surface area contributed by atoms with Crippen LogP contribution in [0, 0.1) is 17.2 Å². The van der Waals surface area contributed by atoms with Gasteiger partial charge in [-0.15, -0.1) is 5.10 Å². The molecule has 0 bridgehead atoms. The van der Waals surface area contributed by atoms with Crippen molar-refractivity contribution in [2.24, 2.45) is 5.92 Å². The van der Waals surface area contributed by atoms with Crippen LogP contribution < -0.4 is 0 Å². The smallest absolute Gasteiger partial charge is 0.161 e. The van der Waals surface area contributed by atoms with Crippen LogP contribution in [0.5, 0.6) is 0 Å². The van der Waals surface area contributed by atoms with Crippen molar-refractivity contribution in [3.63, 3.8) is 0 Å². The number of hydrogen-bond donors (Lipinski definition) is 0. The summed E-state index contributed by atoms with van der Waals surface area (Å²) in [5, 5.41) is 17.0. The zero-order valence-corrected chi connectivity index (χ0v) is 8.99. The Hall–Kier alpha value is -1.37. The lowest BCUT2D eigenvalue weighted by atomic mass is 10.1. The van der Waals surface area contributed by atoms with E-state index in [1.807, 2.05) is 0 Å². The maximum atomic E-state index is 8.98. The van der Waals surface area contributed by atoms with Crippen molar-refractivity contribution in [3.05, 3.63) is 11.4 Å². The minimum absolute atomic E-state index is 0.508. The highest BCUT2D eigenvalue weighted by Crippen LogP contribution is 2.10. The summed E-state index contributed by atoms with van der Waals surface area (Å²) in [5.41, 5.74) is 1.46. The van der Waals surface area contributed by atoms with Crippen molar-refractivity contribution < 1.29 is 0 Å². The van der Waals surface area contributed by atoms with Gasteiger partial charge in [-0.05, 0) is 18.8 Å². The molecule has 4 nitrogen and oxygen atoms in total. The maximum Gasteiger partial charge on any atom is 0.161 e. The Morgan fingerprint density at radius 2 is 2.21 bits per heavy atom. The molecule has 0 aliphatic heterocycles. The second-order valence-electron chi connectivity index (χ2n) is 3.82. The zero-order chi connectivity index (χ0) is 10.6. The van der Waals surface area contributed by atoms with Crippen molar-refractivity contribution in [2.75, 3.05) is 0 Å². The molecule has 1 aromatic heterocycles. The minimum atomic E-state index is 0.508. The van der Waals surface area contributed by atoms with E-state index in [2.05, 4.69) is 37.2 Å². The standard InChI is InChI=1S/C10H16N4/c1-4-5-14-10(7-11)9(12-13-14)6-8(2)3/h8H,4-6H2,1-3H3. The van der Waals surface area contributed by atoms with Crippen LogP contribution in [-0.4, -0.2) is 15.0 Å². The maximum absolute atomic E-state index is 8.98. The third-order valence-electron chi connectivity index (χ3n) is 1.95. The molecule has 0 radical (unpaired) electrons. The van der Waals surface area contributed by atoms with Gasteiger partial charge in [-0.2, -0.15) is 5.26 Å². The summed E-state index contributed by atoms with van der Waals surface area (Å²) in [6.45, 7) is 7.05. The van der Waals surface area contributed by atoms with E-state index in [1.54, 1.807) is 4.68 Å². The molecule has 0 aromatic carbocycles. The van der Waals surface area contributed by atoms with Gasteiger partial charge in [-0.3, -0.25) is 0 Å². The summed E-state index contributed by atoms with van der Waals surface area (Å²) < 4.78 is 1.69. The molecule has 76 valence electrons. The Morgan fingerprint density at radius 3 is 2.71 bits per heavy atom. The van der Waals surface area contributed by atoms with Gasteiger partial charge in [-0.25, -0.2) is 4.68 Å². The highest BCUT2D eigenvalue weighted by Gasteiger charge is 2.12. The monoisotopic (exact) mass is 192 g/mol. The van der Waals surface area contributed by atoms with Gasteiger partial charge >= 0.3 is 0 Å². The third kappa shape index (κ3) is 2.32. The lowest BCUT2D eigenvalue weighted by Crippen LogP contribution is -2.03. The molecule has 0 amide bonds. The normalized spacial score (nSPS) is 10.5. The van der Waals surface area contributed by atoms with Crippen molar-refractivity contribution in [3.8, 4) is 6.07 Å². The predicted octanol–water partition coefficient (Wildman–Crippen LogP) is 1.76. The SMILES string of the molecule is CCCn1nnc(CC(C)C)c1C#N. The van der Waals surface area contributed by atoms with E-state index < -0.39 is 0 Å².